The molecule has 1 amide bonds. The van der Waals surface area contributed by atoms with Crippen LogP contribution in [0.2, 0.25) is 0 Å². The van der Waals surface area contributed by atoms with Crippen LogP contribution in [-0.2, 0) is 26.2 Å². The molecule has 1 aromatic carbocycles. The van der Waals surface area contributed by atoms with Crippen LogP contribution >= 0.6 is 0 Å². The lowest BCUT2D eigenvalue weighted by atomic mass is 10.3. The van der Waals surface area contributed by atoms with Gasteiger partial charge >= 0.3 is 0 Å². The molecule has 0 aliphatic carbocycles. The molecule has 0 aliphatic rings. The lowest BCUT2D eigenvalue weighted by molar-refractivity contribution is -0.122. The Bertz CT molecular complexity index is 1080. The molecule has 0 saturated heterocycles. The van der Waals surface area contributed by atoms with Crippen molar-refractivity contribution < 1.29 is 22.4 Å². The van der Waals surface area contributed by atoms with Gasteiger partial charge in [0.2, 0.25) is 11.9 Å². The first-order chi connectivity index (χ1) is 14.1. The zero-order valence-electron chi connectivity index (χ0n) is 15.9. The maximum absolute atomic E-state index is 13.0. The summed E-state index contributed by atoms with van der Waals surface area (Å²) in [6, 6.07) is 6.89. The SMILES string of the molecule is Cc1ccc(NS(=O)(=O)c2ccc(F)cc2)c(=O)n1CC(=O)NCCONC(=N)N. The largest absolute Gasteiger partial charge is 0.368 e. The first-order valence-corrected chi connectivity index (χ1v) is 10.1. The van der Waals surface area contributed by atoms with E-state index in [0.717, 1.165) is 28.8 Å². The topological polar surface area (TPSA) is 168 Å². The summed E-state index contributed by atoms with van der Waals surface area (Å²) < 4.78 is 41.1. The van der Waals surface area contributed by atoms with Crippen molar-refractivity contribution in [2.24, 2.45) is 5.73 Å². The van der Waals surface area contributed by atoms with Gasteiger partial charge in [-0.05, 0) is 43.3 Å². The van der Waals surface area contributed by atoms with Crippen molar-refractivity contribution in [2.75, 3.05) is 17.9 Å². The summed E-state index contributed by atoms with van der Waals surface area (Å²) in [6.45, 7) is 1.35. The minimum absolute atomic E-state index is 0.0245. The van der Waals surface area contributed by atoms with Crippen LogP contribution in [0, 0.1) is 18.2 Å². The number of nitrogens with zero attached hydrogens (tertiary/aromatic N) is 1. The fraction of sp³-hybridized carbons (Fsp3) is 0.235. The van der Waals surface area contributed by atoms with E-state index in [0.29, 0.717) is 5.69 Å². The van der Waals surface area contributed by atoms with Gasteiger partial charge in [0, 0.05) is 12.2 Å². The number of sulfonamides is 1. The molecule has 0 radical (unpaired) electrons. The first kappa shape index (κ1) is 22.8. The Kier molecular flexibility index (Phi) is 7.49. The van der Waals surface area contributed by atoms with E-state index in [1.807, 2.05) is 0 Å². The number of amides is 1. The highest BCUT2D eigenvalue weighted by atomic mass is 32.2. The van der Waals surface area contributed by atoms with Crippen molar-refractivity contribution in [1.82, 2.24) is 15.4 Å². The van der Waals surface area contributed by atoms with Crippen LogP contribution in [-0.4, -0.2) is 38.0 Å². The summed E-state index contributed by atoms with van der Waals surface area (Å²) in [7, 11) is -4.12. The molecule has 6 N–H and O–H groups in total. The van der Waals surface area contributed by atoms with Gasteiger partial charge < -0.3 is 15.6 Å². The lowest BCUT2D eigenvalue weighted by Gasteiger charge is -2.13. The molecule has 0 aliphatic heterocycles. The number of aryl methyl sites for hydroxylation is 1. The average Bonchev–Trinajstić information content (AvgIpc) is 2.67. The number of carbonyl (C=O) groups is 1. The second-order valence-corrected chi connectivity index (χ2v) is 7.74. The number of nitrogens with two attached hydrogens (primary N) is 1. The van der Waals surface area contributed by atoms with Crippen molar-refractivity contribution in [3.8, 4) is 0 Å². The van der Waals surface area contributed by atoms with Crippen molar-refractivity contribution in [3.05, 3.63) is 58.3 Å². The number of hydrogen-bond donors (Lipinski definition) is 5. The molecule has 30 heavy (non-hydrogen) atoms. The van der Waals surface area contributed by atoms with Crippen molar-refractivity contribution in [3.63, 3.8) is 0 Å². The van der Waals surface area contributed by atoms with Gasteiger partial charge in [-0.25, -0.2) is 18.3 Å². The molecular formula is C17H21FN6O5S. The number of anilines is 1. The van der Waals surface area contributed by atoms with Crippen molar-refractivity contribution in [2.45, 2.75) is 18.4 Å². The number of halogens is 1. The lowest BCUT2D eigenvalue weighted by Crippen LogP contribution is -2.37. The van der Waals surface area contributed by atoms with Crippen LogP contribution in [0.5, 0.6) is 0 Å². The number of rotatable bonds is 9. The first-order valence-electron chi connectivity index (χ1n) is 8.57. The predicted octanol–water partition coefficient (Wildman–Crippen LogP) is -0.373. The average molecular weight is 440 g/mol. The number of hydroxylamine groups is 1. The smallest absolute Gasteiger partial charge is 0.275 e. The number of aromatic nitrogens is 1. The molecule has 1 aromatic heterocycles. The summed E-state index contributed by atoms with van der Waals surface area (Å²) >= 11 is 0. The molecule has 2 rings (SSSR count). The van der Waals surface area contributed by atoms with Gasteiger partial charge in [-0.15, -0.1) is 0 Å². The van der Waals surface area contributed by atoms with Gasteiger partial charge in [0.1, 0.15) is 18.0 Å². The Morgan fingerprint density at radius 3 is 2.53 bits per heavy atom. The van der Waals surface area contributed by atoms with Crippen LogP contribution in [0.3, 0.4) is 0 Å². The van der Waals surface area contributed by atoms with Crippen LogP contribution in [0.15, 0.2) is 46.1 Å². The number of hydrogen-bond acceptors (Lipinski definition) is 6. The highest BCUT2D eigenvalue weighted by molar-refractivity contribution is 7.92. The molecule has 13 heteroatoms. The minimum Gasteiger partial charge on any atom is -0.368 e. The number of benzene rings is 1. The van der Waals surface area contributed by atoms with Crippen molar-refractivity contribution in [1.29, 1.82) is 5.41 Å². The summed E-state index contributed by atoms with van der Waals surface area (Å²) in [4.78, 5) is 29.3. The molecule has 0 saturated carbocycles. The molecule has 0 spiro atoms. The van der Waals surface area contributed by atoms with Crippen molar-refractivity contribution >= 4 is 27.6 Å². The van der Waals surface area contributed by atoms with E-state index in [2.05, 4.69) is 15.5 Å². The molecule has 0 bridgehead atoms. The molecule has 0 unspecified atom stereocenters. The molecule has 0 atom stereocenters. The van der Waals surface area contributed by atoms with Crippen LogP contribution in [0.25, 0.3) is 0 Å². The van der Waals surface area contributed by atoms with E-state index >= 15 is 0 Å². The maximum Gasteiger partial charge on any atom is 0.275 e. The highest BCUT2D eigenvalue weighted by Gasteiger charge is 2.18. The summed E-state index contributed by atoms with van der Waals surface area (Å²) in [5.41, 5.74) is 6.59. The molecule has 11 nitrogen and oxygen atoms in total. The number of guanidine groups is 1. The Morgan fingerprint density at radius 1 is 1.23 bits per heavy atom. The van der Waals surface area contributed by atoms with Crippen LogP contribution in [0.4, 0.5) is 10.1 Å². The molecule has 0 fully saturated rings. The van der Waals surface area contributed by atoms with Gasteiger partial charge in [0.15, 0.2) is 0 Å². The minimum atomic E-state index is -4.12. The molecule has 162 valence electrons. The van der Waals surface area contributed by atoms with Crippen LogP contribution in [0.1, 0.15) is 5.69 Å². The van der Waals surface area contributed by atoms with Gasteiger partial charge in [0.25, 0.3) is 15.6 Å². The van der Waals surface area contributed by atoms with Gasteiger partial charge in [-0.3, -0.25) is 24.6 Å². The third kappa shape index (κ3) is 6.28. The van der Waals surface area contributed by atoms with Gasteiger partial charge in [0.05, 0.1) is 11.5 Å². The Hall–Kier alpha value is -3.45. The fourth-order valence-corrected chi connectivity index (χ4v) is 3.39. The number of pyridine rings is 1. The third-order valence-corrected chi connectivity index (χ3v) is 5.15. The molecule has 1 heterocycles. The van der Waals surface area contributed by atoms with E-state index in [9.17, 15) is 22.4 Å². The molecule has 2 aromatic rings. The van der Waals surface area contributed by atoms with E-state index < -0.39 is 27.3 Å². The van der Waals surface area contributed by atoms with E-state index in [4.69, 9.17) is 16.0 Å². The van der Waals surface area contributed by atoms with Gasteiger partial charge in [-0.1, -0.05) is 0 Å². The Morgan fingerprint density at radius 2 is 1.90 bits per heavy atom. The predicted molar refractivity (Wildman–Crippen MR) is 107 cm³/mol. The summed E-state index contributed by atoms with van der Waals surface area (Å²) in [5, 5.41) is 9.42. The maximum atomic E-state index is 13.0. The van der Waals surface area contributed by atoms with E-state index in [1.54, 1.807) is 6.92 Å². The Balaban J connectivity index is 2.09. The van der Waals surface area contributed by atoms with Crippen LogP contribution < -0.4 is 26.8 Å². The number of nitrogens with one attached hydrogen (secondary N) is 4. The zero-order chi connectivity index (χ0) is 22.3. The molecular weight excluding hydrogens is 419 g/mol. The number of carbonyl (C=O) groups excluding carboxylic acids is 1. The fourth-order valence-electron chi connectivity index (χ4n) is 2.33. The van der Waals surface area contributed by atoms with E-state index in [1.165, 1.54) is 12.1 Å². The van der Waals surface area contributed by atoms with E-state index in [-0.39, 0.29) is 36.2 Å². The summed E-state index contributed by atoms with van der Waals surface area (Å²) in [6.07, 6.45) is 0. The highest BCUT2D eigenvalue weighted by Crippen LogP contribution is 2.14. The second-order valence-electron chi connectivity index (χ2n) is 6.05. The standard InChI is InChI=1S/C17H21FN6O5S/c1-11-2-7-14(23-30(27,28)13-5-3-12(18)4-6-13)16(26)24(11)10-15(25)21-8-9-29-22-17(19)20/h2-7,23H,8-10H2,1H3,(H,21,25)(H4,19,20,22). The normalized spacial score (nSPS) is 11.0. The zero-order valence-corrected chi connectivity index (χ0v) is 16.8. The third-order valence-electron chi connectivity index (χ3n) is 3.77. The second kappa shape index (κ2) is 9.84. The quantitative estimate of drug-likeness (QED) is 0.153. The monoisotopic (exact) mass is 440 g/mol. The Labute approximate surface area is 171 Å². The van der Waals surface area contributed by atoms with Gasteiger partial charge in [-0.2, -0.15) is 0 Å². The summed E-state index contributed by atoms with van der Waals surface area (Å²) in [5.74, 6) is -1.49.